The van der Waals surface area contributed by atoms with E-state index in [1.807, 2.05) is 43.0 Å². The number of hydrogen-bond acceptors (Lipinski definition) is 4. The minimum atomic E-state index is 0.168. The predicted molar refractivity (Wildman–Crippen MR) is 98.5 cm³/mol. The molecule has 5 heteroatoms. The zero-order chi connectivity index (χ0) is 17.5. The molecular formula is C19H27N3O2. The van der Waals surface area contributed by atoms with Gasteiger partial charge in [0.15, 0.2) is 0 Å². The van der Waals surface area contributed by atoms with Gasteiger partial charge in [0.05, 0.1) is 18.3 Å². The van der Waals surface area contributed by atoms with Crippen LogP contribution < -0.4 is 10.1 Å². The Kier molecular flexibility index (Phi) is 6.41. The van der Waals surface area contributed by atoms with E-state index >= 15 is 0 Å². The Morgan fingerprint density at radius 3 is 2.75 bits per heavy atom. The summed E-state index contributed by atoms with van der Waals surface area (Å²) in [6.45, 7) is 7.64. The van der Waals surface area contributed by atoms with Crippen molar-refractivity contribution >= 4 is 22.5 Å². The number of nitrogens with one attached hydrogen (secondary N) is 1. The normalized spacial score (nSPS) is 12.0. The van der Waals surface area contributed by atoms with E-state index in [-0.39, 0.29) is 11.9 Å². The van der Waals surface area contributed by atoms with E-state index in [1.54, 1.807) is 13.3 Å². The number of benzene rings is 1. The highest BCUT2D eigenvalue weighted by molar-refractivity contribution is 5.92. The molecule has 0 bridgehead atoms. The third-order valence-corrected chi connectivity index (χ3v) is 4.22. The number of rotatable bonds is 8. The van der Waals surface area contributed by atoms with Crippen molar-refractivity contribution in [2.75, 3.05) is 25.5 Å². The minimum absolute atomic E-state index is 0.168. The van der Waals surface area contributed by atoms with Gasteiger partial charge in [-0.15, -0.1) is 0 Å². The first kappa shape index (κ1) is 18.0. The van der Waals surface area contributed by atoms with E-state index < -0.39 is 0 Å². The third-order valence-electron chi connectivity index (χ3n) is 4.22. The molecule has 5 nitrogen and oxygen atoms in total. The summed E-state index contributed by atoms with van der Waals surface area (Å²) in [4.78, 5) is 18.5. The average Bonchev–Trinajstić information content (AvgIpc) is 2.60. The molecule has 130 valence electrons. The number of pyridine rings is 1. The lowest BCUT2D eigenvalue weighted by Crippen LogP contribution is -2.31. The summed E-state index contributed by atoms with van der Waals surface area (Å²) in [5, 5.41) is 4.51. The molecule has 1 amide bonds. The first-order valence-corrected chi connectivity index (χ1v) is 8.56. The van der Waals surface area contributed by atoms with Gasteiger partial charge in [0.25, 0.3) is 0 Å². The lowest BCUT2D eigenvalue weighted by molar-refractivity contribution is -0.130. The molecule has 0 radical (unpaired) electrons. The van der Waals surface area contributed by atoms with E-state index in [1.165, 1.54) is 0 Å². The summed E-state index contributed by atoms with van der Waals surface area (Å²) in [5.74, 6) is 1.01. The molecule has 0 aliphatic heterocycles. The predicted octanol–water partition coefficient (Wildman–Crippen LogP) is 3.69. The van der Waals surface area contributed by atoms with E-state index in [4.69, 9.17) is 4.74 Å². The molecule has 1 unspecified atom stereocenters. The molecule has 1 aromatic carbocycles. The maximum absolute atomic E-state index is 12.1. The topological polar surface area (TPSA) is 54.5 Å². The Hall–Kier alpha value is -2.30. The summed E-state index contributed by atoms with van der Waals surface area (Å²) in [6, 6.07) is 8.03. The fourth-order valence-corrected chi connectivity index (χ4v) is 2.80. The van der Waals surface area contributed by atoms with E-state index in [0.29, 0.717) is 6.42 Å². The van der Waals surface area contributed by atoms with Crippen LogP contribution in [-0.4, -0.2) is 42.0 Å². The second-order valence-electron chi connectivity index (χ2n) is 5.90. The second-order valence-corrected chi connectivity index (χ2v) is 5.90. The van der Waals surface area contributed by atoms with Crippen LogP contribution in [0.25, 0.3) is 10.9 Å². The quantitative estimate of drug-likeness (QED) is 0.802. The van der Waals surface area contributed by atoms with Gasteiger partial charge in [0, 0.05) is 43.2 Å². The molecule has 1 N–H and O–H groups in total. The van der Waals surface area contributed by atoms with Crippen LogP contribution in [0.5, 0.6) is 5.75 Å². The molecule has 24 heavy (non-hydrogen) atoms. The summed E-state index contributed by atoms with van der Waals surface area (Å²) in [5.41, 5.74) is 1.85. The average molecular weight is 329 g/mol. The Balaban J connectivity index is 2.07. The summed E-state index contributed by atoms with van der Waals surface area (Å²) in [7, 11) is 1.66. The number of carbonyl (C=O) groups excluding carboxylic acids is 1. The Morgan fingerprint density at radius 2 is 2.08 bits per heavy atom. The maximum atomic E-state index is 12.1. The molecule has 1 aromatic heterocycles. The number of amides is 1. The summed E-state index contributed by atoms with van der Waals surface area (Å²) >= 11 is 0. The van der Waals surface area contributed by atoms with E-state index in [0.717, 1.165) is 41.9 Å². The van der Waals surface area contributed by atoms with Crippen molar-refractivity contribution in [3.63, 3.8) is 0 Å². The number of anilines is 1. The minimum Gasteiger partial charge on any atom is -0.497 e. The Labute approximate surface area is 144 Å². The number of aromatic nitrogens is 1. The summed E-state index contributed by atoms with van der Waals surface area (Å²) in [6.07, 6.45) is 3.11. The SMILES string of the molecule is CCN(CC)C(=O)CCC(C)Nc1cc(OC)cc2cccnc12. The molecule has 1 atom stereocenters. The smallest absolute Gasteiger partial charge is 0.222 e. The number of ether oxygens (including phenoxy) is 1. The van der Waals surface area contributed by atoms with Crippen molar-refractivity contribution in [1.82, 2.24) is 9.88 Å². The van der Waals surface area contributed by atoms with Crippen LogP contribution in [-0.2, 0) is 4.79 Å². The highest BCUT2D eigenvalue weighted by Crippen LogP contribution is 2.28. The zero-order valence-corrected chi connectivity index (χ0v) is 15.0. The standard InChI is InChI=1S/C19H27N3O2/c1-5-22(6-2)18(23)10-9-14(3)21-17-13-16(24-4)12-15-8-7-11-20-19(15)17/h7-8,11-14,21H,5-6,9-10H2,1-4H3. The van der Waals surface area contributed by atoms with Gasteiger partial charge >= 0.3 is 0 Å². The lowest BCUT2D eigenvalue weighted by atomic mass is 10.1. The maximum Gasteiger partial charge on any atom is 0.222 e. The van der Waals surface area contributed by atoms with Crippen molar-refractivity contribution in [1.29, 1.82) is 0 Å². The van der Waals surface area contributed by atoms with Crippen LogP contribution in [0.2, 0.25) is 0 Å². The van der Waals surface area contributed by atoms with Gasteiger partial charge in [-0.3, -0.25) is 9.78 Å². The number of fused-ring (bicyclic) bond motifs is 1. The molecule has 2 rings (SSSR count). The van der Waals surface area contributed by atoms with Gasteiger partial charge in [-0.05, 0) is 39.3 Å². The van der Waals surface area contributed by atoms with Crippen molar-refractivity contribution in [2.24, 2.45) is 0 Å². The monoisotopic (exact) mass is 329 g/mol. The molecule has 0 aliphatic carbocycles. The van der Waals surface area contributed by atoms with Crippen molar-refractivity contribution in [3.05, 3.63) is 30.5 Å². The van der Waals surface area contributed by atoms with Crippen molar-refractivity contribution < 1.29 is 9.53 Å². The van der Waals surface area contributed by atoms with Gasteiger partial charge in [-0.25, -0.2) is 0 Å². The zero-order valence-electron chi connectivity index (χ0n) is 15.0. The van der Waals surface area contributed by atoms with Gasteiger partial charge in [-0.2, -0.15) is 0 Å². The van der Waals surface area contributed by atoms with Gasteiger partial charge in [0.2, 0.25) is 5.91 Å². The van der Waals surface area contributed by atoms with Crippen LogP contribution in [0, 0.1) is 0 Å². The fraction of sp³-hybridized carbons (Fsp3) is 0.474. The van der Waals surface area contributed by atoms with Crippen molar-refractivity contribution in [2.45, 2.75) is 39.7 Å². The largest absolute Gasteiger partial charge is 0.497 e. The fourth-order valence-electron chi connectivity index (χ4n) is 2.80. The number of carbonyl (C=O) groups is 1. The first-order valence-electron chi connectivity index (χ1n) is 8.56. The Morgan fingerprint density at radius 1 is 1.33 bits per heavy atom. The number of methoxy groups -OCH3 is 1. The van der Waals surface area contributed by atoms with Crippen molar-refractivity contribution in [3.8, 4) is 5.75 Å². The number of hydrogen-bond donors (Lipinski definition) is 1. The number of nitrogens with zero attached hydrogens (tertiary/aromatic N) is 2. The van der Waals surface area contributed by atoms with Crippen LogP contribution in [0.3, 0.4) is 0 Å². The van der Waals surface area contributed by atoms with E-state index in [2.05, 4.69) is 17.2 Å². The van der Waals surface area contributed by atoms with Crippen LogP contribution in [0.15, 0.2) is 30.5 Å². The van der Waals surface area contributed by atoms with Crippen LogP contribution in [0.4, 0.5) is 5.69 Å². The van der Waals surface area contributed by atoms with Gasteiger partial charge in [0.1, 0.15) is 5.75 Å². The van der Waals surface area contributed by atoms with Gasteiger partial charge in [-0.1, -0.05) is 6.07 Å². The molecule has 0 aliphatic rings. The summed E-state index contributed by atoms with van der Waals surface area (Å²) < 4.78 is 5.37. The molecule has 0 fully saturated rings. The molecule has 0 saturated heterocycles. The molecule has 2 aromatic rings. The van der Waals surface area contributed by atoms with Gasteiger partial charge < -0.3 is 15.0 Å². The van der Waals surface area contributed by atoms with Crippen LogP contribution >= 0.6 is 0 Å². The Bertz CT molecular complexity index is 683. The lowest BCUT2D eigenvalue weighted by Gasteiger charge is -2.21. The van der Waals surface area contributed by atoms with Crippen LogP contribution in [0.1, 0.15) is 33.6 Å². The molecule has 0 saturated carbocycles. The highest BCUT2D eigenvalue weighted by Gasteiger charge is 2.13. The highest BCUT2D eigenvalue weighted by atomic mass is 16.5. The first-order chi connectivity index (χ1) is 11.6. The van der Waals surface area contributed by atoms with E-state index in [9.17, 15) is 4.79 Å². The molecule has 1 heterocycles. The third kappa shape index (κ3) is 4.37. The molecule has 0 spiro atoms. The molecular weight excluding hydrogens is 302 g/mol. The second kappa shape index (κ2) is 8.52.